The number of carbonyl (C=O) groups is 1. The van der Waals surface area contributed by atoms with E-state index in [0.717, 1.165) is 36.5 Å². The number of carbonyl (C=O) groups excluding carboxylic acids is 1. The fraction of sp³-hybridized carbons (Fsp3) is 0.500. The Labute approximate surface area is 245 Å². The van der Waals surface area contributed by atoms with Gasteiger partial charge in [-0.2, -0.15) is 5.10 Å². The molecule has 42 heavy (non-hydrogen) atoms. The van der Waals surface area contributed by atoms with Crippen LogP contribution in [0.3, 0.4) is 0 Å². The second-order valence-electron chi connectivity index (χ2n) is 11.9. The van der Waals surface area contributed by atoms with Crippen LogP contribution in [0.25, 0.3) is 0 Å². The van der Waals surface area contributed by atoms with E-state index in [9.17, 15) is 14.9 Å². The maximum absolute atomic E-state index is 12.4. The molecule has 12 nitrogen and oxygen atoms in total. The highest BCUT2D eigenvalue weighted by atomic mass is 16.7. The molecule has 0 saturated heterocycles. The first-order valence-electron chi connectivity index (χ1n) is 14.3. The fourth-order valence-corrected chi connectivity index (χ4v) is 4.87. The molecule has 2 heterocycles. The Bertz CT molecular complexity index is 1370. The van der Waals surface area contributed by atoms with Crippen molar-refractivity contribution in [3.8, 4) is 11.6 Å². The van der Waals surface area contributed by atoms with Gasteiger partial charge in [0, 0.05) is 48.1 Å². The van der Waals surface area contributed by atoms with Crippen molar-refractivity contribution in [1.29, 1.82) is 0 Å². The van der Waals surface area contributed by atoms with Gasteiger partial charge in [0.05, 0.1) is 22.3 Å². The monoisotopic (exact) mass is 580 g/mol. The quantitative estimate of drug-likeness (QED) is 0.112. The molecule has 0 bridgehead atoms. The molecule has 0 spiro atoms. The second-order valence-corrected chi connectivity index (χ2v) is 11.9. The van der Waals surface area contributed by atoms with E-state index >= 15 is 0 Å². The van der Waals surface area contributed by atoms with Crippen molar-refractivity contribution in [3.05, 3.63) is 64.5 Å². The van der Waals surface area contributed by atoms with Gasteiger partial charge in [0.2, 0.25) is 5.88 Å². The highest BCUT2D eigenvalue weighted by Gasteiger charge is 2.32. The fourth-order valence-electron chi connectivity index (χ4n) is 4.87. The van der Waals surface area contributed by atoms with Crippen molar-refractivity contribution in [2.24, 2.45) is 5.73 Å². The number of aromatic nitrogens is 3. The normalized spacial score (nSPS) is 18.2. The van der Waals surface area contributed by atoms with Crippen molar-refractivity contribution in [2.45, 2.75) is 96.4 Å². The number of nitrogens with zero attached hydrogens (tertiary/aromatic N) is 4. The predicted octanol–water partition coefficient (Wildman–Crippen LogP) is 6.43. The third-order valence-corrected chi connectivity index (χ3v) is 7.04. The summed E-state index contributed by atoms with van der Waals surface area (Å²) in [6.07, 6.45) is 4.37. The standard InChI is InChI=1S/C30H40N6O6/c1-19(31)6-7-20(2)40-28-17-22(14-15-32-28)33-27-18-26(34-35(27)30(3,4)5)21-8-11-25(16-21)42-29(37)41-24-12-9-23(10-13-24)36(38)39/h9-10,12-15,17-21,25H,6-8,11,16,31H2,1-5H3,(H,32,33)/t19-,20-,21-,25+/m0/s1. The lowest BCUT2D eigenvalue weighted by Gasteiger charge is -2.23. The average molecular weight is 581 g/mol. The van der Waals surface area contributed by atoms with Crippen LogP contribution in [-0.2, 0) is 10.3 Å². The Hall–Kier alpha value is -4.19. The zero-order chi connectivity index (χ0) is 30.4. The molecule has 12 heteroatoms. The smallest absolute Gasteiger partial charge is 0.475 e. The summed E-state index contributed by atoms with van der Waals surface area (Å²) in [5.41, 5.74) is 7.25. The average Bonchev–Trinajstić information content (AvgIpc) is 3.55. The number of nitro benzene ring substituents is 1. The van der Waals surface area contributed by atoms with Gasteiger partial charge in [-0.25, -0.2) is 14.5 Å². The number of anilines is 2. The minimum atomic E-state index is -0.834. The van der Waals surface area contributed by atoms with Crippen molar-refractivity contribution in [1.82, 2.24) is 14.8 Å². The van der Waals surface area contributed by atoms with Crippen LogP contribution in [0.15, 0.2) is 48.7 Å². The highest BCUT2D eigenvalue weighted by molar-refractivity contribution is 5.64. The number of nitrogens with two attached hydrogens (primary N) is 1. The maximum Gasteiger partial charge on any atom is 0.514 e. The van der Waals surface area contributed by atoms with Crippen molar-refractivity contribution < 1.29 is 23.9 Å². The lowest BCUT2D eigenvalue weighted by atomic mass is 10.0. The van der Waals surface area contributed by atoms with E-state index in [-0.39, 0.29) is 41.1 Å². The Morgan fingerprint density at radius 1 is 1.17 bits per heavy atom. The third-order valence-electron chi connectivity index (χ3n) is 7.04. The van der Waals surface area contributed by atoms with Crippen LogP contribution in [0.2, 0.25) is 0 Å². The number of nitrogens with one attached hydrogen (secondary N) is 1. The molecule has 0 aliphatic heterocycles. The topological polar surface area (TPSA) is 157 Å². The summed E-state index contributed by atoms with van der Waals surface area (Å²) < 4.78 is 18.7. The van der Waals surface area contributed by atoms with Crippen LogP contribution in [-0.4, -0.2) is 44.1 Å². The number of hydrogen-bond donors (Lipinski definition) is 2. The number of benzene rings is 1. The van der Waals surface area contributed by atoms with Gasteiger partial charge in [-0.05, 0) is 84.9 Å². The summed E-state index contributed by atoms with van der Waals surface area (Å²) in [6.45, 7) is 10.3. The molecular formula is C30H40N6O6. The number of ether oxygens (including phenoxy) is 3. The lowest BCUT2D eigenvalue weighted by molar-refractivity contribution is -0.384. The molecule has 226 valence electrons. The molecule has 4 rings (SSSR count). The van der Waals surface area contributed by atoms with Crippen LogP contribution in [0.1, 0.15) is 78.3 Å². The molecule has 2 aromatic heterocycles. The van der Waals surface area contributed by atoms with E-state index < -0.39 is 11.1 Å². The number of rotatable bonds is 11. The molecule has 1 aromatic carbocycles. The Kier molecular flexibility index (Phi) is 9.66. The second kappa shape index (κ2) is 13.2. The molecule has 1 fully saturated rings. The summed E-state index contributed by atoms with van der Waals surface area (Å²) in [5.74, 6) is 1.66. The minimum absolute atomic E-state index is 0.00518. The zero-order valence-electron chi connectivity index (χ0n) is 24.8. The summed E-state index contributed by atoms with van der Waals surface area (Å²) in [4.78, 5) is 27.0. The van der Waals surface area contributed by atoms with Crippen LogP contribution in [0, 0.1) is 10.1 Å². The minimum Gasteiger partial charge on any atom is -0.475 e. The van der Waals surface area contributed by atoms with Gasteiger partial charge in [-0.15, -0.1) is 0 Å². The lowest BCUT2D eigenvalue weighted by Crippen LogP contribution is -2.25. The van der Waals surface area contributed by atoms with Gasteiger partial charge >= 0.3 is 6.16 Å². The van der Waals surface area contributed by atoms with Crippen LogP contribution in [0.4, 0.5) is 22.0 Å². The van der Waals surface area contributed by atoms with Gasteiger partial charge in [0.15, 0.2) is 0 Å². The van der Waals surface area contributed by atoms with Crippen LogP contribution >= 0.6 is 0 Å². The molecule has 3 aromatic rings. The summed E-state index contributed by atoms with van der Waals surface area (Å²) in [5, 5.41) is 19.2. The van der Waals surface area contributed by atoms with Gasteiger partial charge < -0.3 is 25.3 Å². The van der Waals surface area contributed by atoms with Gasteiger partial charge in [0.25, 0.3) is 5.69 Å². The number of pyridine rings is 1. The molecular weight excluding hydrogens is 540 g/mol. The van der Waals surface area contributed by atoms with E-state index in [1.54, 1.807) is 6.20 Å². The Balaban J connectivity index is 1.39. The Morgan fingerprint density at radius 3 is 2.57 bits per heavy atom. The molecule has 3 N–H and O–H groups in total. The molecule has 0 radical (unpaired) electrons. The molecule has 1 aliphatic rings. The molecule has 0 amide bonds. The van der Waals surface area contributed by atoms with Gasteiger partial charge in [-0.1, -0.05) is 0 Å². The first-order chi connectivity index (χ1) is 19.9. The van der Waals surface area contributed by atoms with E-state index in [1.165, 1.54) is 24.3 Å². The number of hydrogen-bond acceptors (Lipinski definition) is 10. The first-order valence-corrected chi connectivity index (χ1v) is 14.3. The van der Waals surface area contributed by atoms with Crippen LogP contribution in [0.5, 0.6) is 11.6 Å². The van der Waals surface area contributed by atoms with Crippen molar-refractivity contribution in [2.75, 3.05) is 5.32 Å². The van der Waals surface area contributed by atoms with Gasteiger partial charge in [-0.3, -0.25) is 10.1 Å². The number of non-ortho nitro benzene ring substituents is 1. The van der Waals surface area contributed by atoms with E-state index in [2.05, 4.69) is 31.1 Å². The summed E-state index contributed by atoms with van der Waals surface area (Å²) in [6, 6.07) is 11.2. The number of nitro groups is 1. The van der Waals surface area contributed by atoms with Crippen LogP contribution < -0.4 is 20.5 Å². The van der Waals surface area contributed by atoms with E-state index in [4.69, 9.17) is 25.0 Å². The van der Waals surface area contributed by atoms with Crippen molar-refractivity contribution >= 4 is 23.3 Å². The maximum atomic E-state index is 12.4. The summed E-state index contributed by atoms with van der Waals surface area (Å²) in [7, 11) is 0. The molecule has 0 unspecified atom stereocenters. The highest BCUT2D eigenvalue weighted by Crippen LogP contribution is 2.38. The SMILES string of the molecule is C[C@H](N)CC[C@H](C)Oc1cc(Nc2cc([C@H]3CC[C@@H](OC(=O)Oc4ccc([N+](=O)[O-])cc4)C3)nn2C(C)(C)C)ccn1. The van der Waals surface area contributed by atoms with E-state index in [1.807, 2.05) is 36.7 Å². The summed E-state index contributed by atoms with van der Waals surface area (Å²) >= 11 is 0. The molecule has 1 saturated carbocycles. The molecule has 4 atom stereocenters. The predicted molar refractivity (Wildman–Crippen MR) is 158 cm³/mol. The third kappa shape index (κ3) is 8.41. The van der Waals surface area contributed by atoms with E-state index in [0.29, 0.717) is 18.7 Å². The largest absolute Gasteiger partial charge is 0.514 e. The molecule has 1 aliphatic carbocycles. The van der Waals surface area contributed by atoms with Crippen molar-refractivity contribution in [3.63, 3.8) is 0 Å². The van der Waals surface area contributed by atoms with Gasteiger partial charge in [0.1, 0.15) is 17.7 Å². The Morgan fingerprint density at radius 2 is 1.90 bits per heavy atom. The zero-order valence-corrected chi connectivity index (χ0v) is 24.8. The first kappa shape index (κ1) is 30.8.